The van der Waals surface area contributed by atoms with Crippen LogP contribution in [0.3, 0.4) is 0 Å². The summed E-state index contributed by atoms with van der Waals surface area (Å²) in [7, 11) is 0. The number of benzene rings is 1. The van der Waals surface area contributed by atoms with Crippen LogP contribution in [-0.4, -0.2) is 27.7 Å². The number of carbonyl (C=O) groups is 1. The molecule has 1 aliphatic heterocycles. The Kier molecular flexibility index (Phi) is 3.79. The molecule has 3 heterocycles. The lowest BCUT2D eigenvalue weighted by Crippen LogP contribution is -2.35. The molecule has 0 bridgehead atoms. The van der Waals surface area contributed by atoms with Crippen LogP contribution in [0.4, 0.5) is 5.69 Å². The molecule has 0 saturated carbocycles. The number of hydrogen-bond donors (Lipinski definition) is 0. The van der Waals surface area contributed by atoms with Crippen molar-refractivity contribution >= 4 is 44.9 Å². The predicted molar refractivity (Wildman–Crippen MR) is 95.2 cm³/mol. The smallest absolute Gasteiger partial charge is 0.240 e. The number of para-hydroxylation sites is 1. The Hall–Kier alpha value is -1.92. The van der Waals surface area contributed by atoms with Crippen molar-refractivity contribution in [1.29, 1.82) is 0 Å². The summed E-state index contributed by atoms with van der Waals surface area (Å²) >= 11 is 3.10. The number of thiophene rings is 1. The third-order valence-electron chi connectivity index (χ3n) is 4.01. The van der Waals surface area contributed by atoms with E-state index < -0.39 is 0 Å². The topological polar surface area (TPSA) is 46.1 Å². The summed E-state index contributed by atoms with van der Waals surface area (Å²) in [4.78, 5) is 24.3. The molecular weight excluding hydrogens is 326 g/mol. The minimum atomic E-state index is -0.181. The van der Waals surface area contributed by atoms with Gasteiger partial charge in [0.05, 0.1) is 5.25 Å². The van der Waals surface area contributed by atoms with E-state index in [0.29, 0.717) is 0 Å². The highest BCUT2D eigenvalue weighted by Crippen LogP contribution is 2.33. The van der Waals surface area contributed by atoms with Crippen molar-refractivity contribution in [3.8, 4) is 0 Å². The molecule has 0 radical (unpaired) electrons. The maximum absolute atomic E-state index is 12.9. The molecule has 3 aromatic rings. The summed E-state index contributed by atoms with van der Waals surface area (Å²) in [5.74, 6) is 0.141. The second-order valence-corrected chi connectivity index (χ2v) is 7.67. The first-order chi connectivity index (χ1) is 11.2. The maximum atomic E-state index is 12.9. The van der Waals surface area contributed by atoms with Crippen LogP contribution in [0.15, 0.2) is 47.1 Å². The van der Waals surface area contributed by atoms with Gasteiger partial charge in [0.15, 0.2) is 0 Å². The van der Waals surface area contributed by atoms with Crippen LogP contribution in [0.1, 0.15) is 12.5 Å². The fourth-order valence-corrected chi connectivity index (χ4v) is 4.63. The monoisotopic (exact) mass is 341 g/mol. The first-order valence-electron chi connectivity index (χ1n) is 7.48. The Balaban J connectivity index is 1.57. The van der Waals surface area contributed by atoms with Gasteiger partial charge in [-0.15, -0.1) is 11.3 Å². The van der Waals surface area contributed by atoms with E-state index in [1.54, 1.807) is 17.7 Å². The lowest BCUT2D eigenvalue weighted by Gasteiger charge is -2.21. The number of hydrogen-bond acceptors (Lipinski definition) is 5. The number of fused-ring (bicyclic) bond motifs is 2. The van der Waals surface area contributed by atoms with Crippen LogP contribution in [0, 0.1) is 0 Å². The molecule has 6 heteroatoms. The summed E-state index contributed by atoms with van der Waals surface area (Å²) in [6.45, 7) is 2.72. The lowest BCUT2D eigenvalue weighted by atomic mass is 10.2. The van der Waals surface area contributed by atoms with E-state index in [1.165, 1.54) is 17.3 Å². The third-order valence-corrected chi connectivity index (χ3v) is 5.94. The van der Waals surface area contributed by atoms with Crippen molar-refractivity contribution in [2.75, 3.05) is 11.4 Å². The molecule has 1 aliphatic rings. The van der Waals surface area contributed by atoms with Crippen molar-refractivity contribution in [2.24, 2.45) is 0 Å². The number of amides is 1. The Labute approximate surface area is 142 Å². The first-order valence-corrected chi connectivity index (χ1v) is 9.24. The van der Waals surface area contributed by atoms with Gasteiger partial charge in [0, 0.05) is 17.6 Å². The average molecular weight is 341 g/mol. The minimum Gasteiger partial charge on any atom is -0.311 e. The number of carbonyl (C=O) groups excluding carboxylic acids is 1. The van der Waals surface area contributed by atoms with Gasteiger partial charge < -0.3 is 4.90 Å². The van der Waals surface area contributed by atoms with E-state index in [2.05, 4.69) is 16.0 Å². The van der Waals surface area contributed by atoms with Gasteiger partial charge in [-0.1, -0.05) is 30.0 Å². The Morgan fingerprint density at radius 3 is 3.09 bits per heavy atom. The van der Waals surface area contributed by atoms with E-state index in [-0.39, 0.29) is 11.2 Å². The fourth-order valence-electron chi connectivity index (χ4n) is 2.87. The average Bonchev–Trinajstić information content (AvgIpc) is 3.21. The largest absolute Gasteiger partial charge is 0.311 e. The van der Waals surface area contributed by atoms with Crippen molar-refractivity contribution in [1.82, 2.24) is 9.97 Å². The number of thioether (sulfide) groups is 1. The van der Waals surface area contributed by atoms with Crippen LogP contribution in [0.5, 0.6) is 0 Å². The lowest BCUT2D eigenvalue weighted by molar-refractivity contribution is -0.117. The molecule has 1 atom stereocenters. The molecule has 2 aromatic heterocycles. The van der Waals surface area contributed by atoms with Gasteiger partial charge in [-0.3, -0.25) is 4.79 Å². The first kappa shape index (κ1) is 14.7. The SMILES string of the molecule is CC(Sc1ncnc2sccc12)C(=O)N1CCc2ccccc21. The highest BCUT2D eigenvalue weighted by Gasteiger charge is 2.28. The fraction of sp³-hybridized carbons (Fsp3) is 0.235. The zero-order valence-corrected chi connectivity index (χ0v) is 14.2. The molecule has 0 aliphatic carbocycles. The van der Waals surface area contributed by atoms with Crippen molar-refractivity contribution in [2.45, 2.75) is 23.6 Å². The van der Waals surface area contributed by atoms with Crippen molar-refractivity contribution in [3.63, 3.8) is 0 Å². The molecule has 116 valence electrons. The van der Waals surface area contributed by atoms with E-state index >= 15 is 0 Å². The molecule has 4 nitrogen and oxygen atoms in total. The van der Waals surface area contributed by atoms with Crippen LogP contribution >= 0.6 is 23.1 Å². The summed E-state index contributed by atoms with van der Waals surface area (Å²) in [6.07, 6.45) is 2.51. The minimum absolute atomic E-state index is 0.141. The van der Waals surface area contributed by atoms with Crippen LogP contribution in [0.25, 0.3) is 10.2 Å². The van der Waals surface area contributed by atoms with Gasteiger partial charge >= 0.3 is 0 Å². The van der Waals surface area contributed by atoms with Crippen LogP contribution < -0.4 is 4.90 Å². The third kappa shape index (κ3) is 2.62. The van der Waals surface area contributed by atoms with Crippen molar-refractivity contribution < 1.29 is 4.79 Å². The zero-order valence-electron chi connectivity index (χ0n) is 12.6. The number of nitrogens with zero attached hydrogens (tertiary/aromatic N) is 3. The summed E-state index contributed by atoms with van der Waals surface area (Å²) in [5.41, 5.74) is 2.30. The van der Waals surface area contributed by atoms with E-state index in [9.17, 15) is 4.79 Å². The van der Waals surface area contributed by atoms with E-state index in [1.807, 2.05) is 41.5 Å². The molecule has 0 saturated heterocycles. The molecule has 4 rings (SSSR count). The van der Waals surface area contributed by atoms with Gasteiger partial charge in [-0.25, -0.2) is 9.97 Å². The van der Waals surface area contributed by atoms with Gasteiger partial charge in [0.2, 0.25) is 5.91 Å². The van der Waals surface area contributed by atoms with Gasteiger partial charge in [-0.2, -0.15) is 0 Å². The Morgan fingerprint density at radius 2 is 2.17 bits per heavy atom. The predicted octanol–water partition coefficient (Wildman–Crippen LogP) is 3.76. The standard InChI is InChI=1S/C17H15N3OS2/c1-11(23-16-13-7-9-22-15(13)18-10-19-16)17(21)20-8-6-12-4-2-3-5-14(12)20/h2-5,7,9-11H,6,8H2,1H3. The molecule has 1 amide bonds. The quantitative estimate of drug-likeness (QED) is 0.537. The van der Waals surface area contributed by atoms with Crippen LogP contribution in [0.2, 0.25) is 0 Å². The Morgan fingerprint density at radius 1 is 1.30 bits per heavy atom. The second kappa shape index (κ2) is 5.94. The highest BCUT2D eigenvalue weighted by molar-refractivity contribution is 8.00. The number of rotatable bonds is 3. The van der Waals surface area contributed by atoms with Crippen molar-refractivity contribution in [3.05, 3.63) is 47.6 Å². The summed E-state index contributed by atoms with van der Waals surface area (Å²) < 4.78 is 0. The molecule has 0 spiro atoms. The number of aromatic nitrogens is 2. The molecule has 1 aromatic carbocycles. The molecule has 0 fully saturated rings. The summed E-state index contributed by atoms with van der Waals surface area (Å²) in [6, 6.07) is 10.2. The molecular formula is C17H15N3OS2. The van der Waals surface area contributed by atoms with E-state index in [4.69, 9.17) is 0 Å². The second-order valence-electron chi connectivity index (χ2n) is 5.45. The zero-order chi connectivity index (χ0) is 15.8. The normalized spacial score (nSPS) is 14.9. The maximum Gasteiger partial charge on any atom is 0.240 e. The van der Waals surface area contributed by atoms with Gasteiger partial charge in [0.1, 0.15) is 16.2 Å². The number of anilines is 1. The van der Waals surface area contributed by atoms with E-state index in [0.717, 1.165) is 33.9 Å². The summed E-state index contributed by atoms with van der Waals surface area (Å²) in [5, 5.41) is 3.74. The highest BCUT2D eigenvalue weighted by atomic mass is 32.2. The molecule has 23 heavy (non-hydrogen) atoms. The van der Waals surface area contributed by atoms with Crippen LogP contribution in [-0.2, 0) is 11.2 Å². The van der Waals surface area contributed by atoms with Gasteiger partial charge in [-0.05, 0) is 36.4 Å². The molecule has 0 N–H and O–H groups in total. The van der Waals surface area contributed by atoms with Gasteiger partial charge in [0.25, 0.3) is 0 Å². The molecule has 1 unspecified atom stereocenters. The Bertz CT molecular complexity index is 877.